The average molecular weight is 443 g/mol. The van der Waals surface area contributed by atoms with E-state index in [1.165, 1.54) is 0 Å². The van der Waals surface area contributed by atoms with E-state index in [1.54, 1.807) is 0 Å². The Kier molecular flexibility index (Phi) is 5.72. The van der Waals surface area contributed by atoms with Crippen LogP contribution in [0.2, 0.25) is 0 Å². The zero-order valence-corrected chi connectivity index (χ0v) is 19.9. The van der Waals surface area contributed by atoms with Crippen molar-refractivity contribution in [3.05, 3.63) is 107 Å². The van der Waals surface area contributed by atoms with Crippen molar-refractivity contribution >= 4 is 55.7 Å². The Morgan fingerprint density at radius 1 is 0.500 bits per heavy atom. The molecule has 0 saturated heterocycles. The summed E-state index contributed by atoms with van der Waals surface area (Å²) in [5, 5.41) is 14.4. The normalized spacial score (nSPS) is 17.5. The van der Waals surface area contributed by atoms with Crippen LogP contribution in [0.5, 0.6) is 0 Å². The summed E-state index contributed by atoms with van der Waals surface area (Å²) in [6.07, 6.45) is 4.01. The summed E-state index contributed by atoms with van der Waals surface area (Å²) in [5.74, 6) is 0. The predicted molar refractivity (Wildman–Crippen MR) is 147 cm³/mol. The first-order valence-corrected chi connectivity index (χ1v) is 11.4. The van der Waals surface area contributed by atoms with Crippen LogP contribution in [-0.2, 0) is 0 Å². The van der Waals surface area contributed by atoms with Gasteiger partial charge in [-0.25, -0.2) is 0 Å². The van der Waals surface area contributed by atoms with Gasteiger partial charge in [-0.2, -0.15) is 11.4 Å². The molecule has 4 aromatic rings. The highest BCUT2D eigenvalue weighted by molar-refractivity contribution is 6.02. The van der Waals surface area contributed by atoms with E-state index in [1.807, 2.05) is 64.1 Å². The van der Waals surface area contributed by atoms with Gasteiger partial charge in [-0.1, -0.05) is 86.7 Å². The van der Waals surface area contributed by atoms with Crippen molar-refractivity contribution in [1.29, 1.82) is 0 Å². The molecule has 0 atom stereocenters. The molecule has 1 aliphatic heterocycles. The second-order valence-corrected chi connectivity index (χ2v) is 8.68. The van der Waals surface area contributed by atoms with E-state index in [0.717, 1.165) is 67.1 Å². The Balaban J connectivity index is 1.68. The molecule has 168 valence electrons. The molecule has 4 heteroatoms. The van der Waals surface area contributed by atoms with Gasteiger partial charge in [0, 0.05) is 22.8 Å². The molecule has 0 amide bonds. The van der Waals surface area contributed by atoms with E-state index in [-0.39, 0.29) is 0 Å². The standard InChI is InChI=1S/C30H26N4/c1-19-13-20(2)32-29-17-25-11-7-8-12-26(25)18-30(29)34-22(4)14-21(3)33-28-16-24-10-6-5-9-23(24)15-27(28)31-19/h5-18H,1-4H3/q-2/b19-13-,22-14-,32-20?,33-21?. The van der Waals surface area contributed by atoms with Crippen LogP contribution in [0.15, 0.2) is 106 Å². The van der Waals surface area contributed by atoms with Gasteiger partial charge in [-0.3, -0.25) is 9.98 Å². The van der Waals surface area contributed by atoms with Gasteiger partial charge in [0.05, 0.1) is 0 Å². The third-order valence-corrected chi connectivity index (χ3v) is 5.71. The lowest BCUT2D eigenvalue weighted by Gasteiger charge is -2.28. The van der Waals surface area contributed by atoms with E-state index >= 15 is 0 Å². The van der Waals surface area contributed by atoms with Gasteiger partial charge in [0.15, 0.2) is 0 Å². The fraction of sp³-hybridized carbons (Fsp3) is 0.133. The van der Waals surface area contributed by atoms with Crippen LogP contribution in [0.3, 0.4) is 0 Å². The van der Waals surface area contributed by atoms with Crippen molar-refractivity contribution in [2.24, 2.45) is 9.98 Å². The minimum absolute atomic E-state index is 0.839. The second-order valence-electron chi connectivity index (χ2n) is 8.68. The van der Waals surface area contributed by atoms with E-state index in [4.69, 9.17) is 20.6 Å². The van der Waals surface area contributed by atoms with Crippen LogP contribution >= 0.6 is 0 Å². The molecule has 0 aliphatic carbocycles. The molecular formula is C30H26N4-2. The smallest absolute Gasteiger partial charge is 0.0492 e. The minimum atomic E-state index is 0.839. The maximum Gasteiger partial charge on any atom is 0.0492 e. The molecular weight excluding hydrogens is 416 g/mol. The highest BCUT2D eigenvalue weighted by Gasteiger charge is 2.02. The zero-order valence-electron chi connectivity index (χ0n) is 19.9. The summed E-state index contributed by atoms with van der Waals surface area (Å²) in [6, 6.07) is 25.0. The molecule has 0 fully saturated rings. The van der Waals surface area contributed by atoms with Crippen LogP contribution in [0.1, 0.15) is 27.7 Å². The highest BCUT2D eigenvalue weighted by atomic mass is 14.9. The molecule has 4 aromatic carbocycles. The highest BCUT2D eigenvalue weighted by Crippen LogP contribution is 2.40. The maximum atomic E-state index is 4.92. The molecule has 0 spiro atoms. The Hall–Kier alpha value is -4.18. The zero-order chi connectivity index (χ0) is 23.7. The number of benzene rings is 4. The van der Waals surface area contributed by atoms with Gasteiger partial charge in [0.1, 0.15) is 0 Å². The molecule has 1 heterocycles. The van der Waals surface area contributed by atoms with Crippen LogP contribution in [0.25, 0.3) is 32.2 Å². The van der Waals surface area contributed by atoms with Crippen molar-refractivity contribution in [1.82, 2.24) is 0 Å². The van der Waals surface area contributed by atoms with Crippen LogP contribution in [0, 0.1) is 0 Å². The molecule has 0 bridgehead atoms. The van der Waals surface area contributed by atoms with Crippen molar-refractivity contribution < 1.29 is 0 Å². The summed E-state index contributed by atoms with van der Waals surface area (Å²) in [4.78, 5) is 9.83. The third-order valence-electron chi connectivity index (χ3n) is 5.71. The summed E-state index contributed by atoms with van der Waals surface area (Å²) in [5.41, 5.74) is 6.83. The lowest BCUT2D eigenvalue weighted by molar-refractivity contribution is 1.40. The predicted octanol–water partition coefficient (Wildman–Crippen LogP) is 9.71. The lowest BCUT2D eigenvalue weighted by atomic mass is 10.1. The molecule has 4 nitrogen and oxygen atoms in total. The first kappa shape index (κ1) is 21.7. The lowest BCUT2D eigenvalue weighted by Crippen LogP contribution is -1.90. The molecule has 5 rings (SSSR count). The SMILES string of the molecule is CC1=Nc2cc3ccccc3cc2[N-]/C(C)=C\C(C)=Nc2cc3ccccc3cc2[N-]/C(C)=C\1. The van der Waals surface area contributed by atoms with Crippen LogP contribution in [0.4, 0.5) is 22.7 Å². The molecule has 1 aliphatic rings. The molecule has 0 saturated carbocycles. The summed E-state index contributed by atoms with van der Waals surface area (Å²) in [6.45, 7) is 7.98. The van der Waals surface area contributed by atoms with E-state index in [9.17, 15) is 0 Å². The van der Waals surface area contributed by atoms with Crippen molar-refractivity contribution in [2.45, 2.75) is 27.7 Å². The topological polar surface area (TPSA) is 52.9 Å². The first-order valence-electron chi connectivity index (χ1n) is 11.4. The van der Waals surface area contributed by atoms with Crippen LogP contribution < -0.4 is 0 Å². The average Bonchev–Trinajstić information content (AvgIpc) is 2.79. The Morgan fingerprint density at radius 2 is 0.853 bits per heavy atom. The van der Waals surface area contributed by atoms with Crippen molar-refractivity contribution in [3.8, 4) is 0 Å². The summed E-state index contributed by atoms with van der Waals surface area (Å²) < 4.78 is 0. The summed E-state index contributed by atoms with van der Waals surface area (Å²) in [7, 11) is 0. The van der Waals surface area contributed by atoms with E-state index in [0.29, 0.717) is 0 Å². The van der Waals surface area contributed by atoms with E-state index in [2.05, 4.69) is 48.5 Å². The van der Waals surface area contributed by atoms with Crippen molar-refractivity contribution in [2.75, 3.05) is 0 Å². The van der Waals surface area contributed by atoms with Gasteiger partial charge in [0.25, 0.3) is 0 Å². The van der Waals surface area contributed by atoms with Gasteiger partial charge in [0.2, 0.25) is 0 Å². The number of allylic oxidation sites excluding steroid dienone is 4. The van der Waals surface area contributed by atoms with Gasteiger partial charge >= 0.3 is 0 Å². The fourth-order valence-electron chi connectivity index (χ4n) is 4.28. The Morgan fingerprint density at radius 3 is 1.24 bits per heavy atom. The Bertz CT molecular complexity index is 1420. The fourth-order valence-corrected chi connectivity index (χ4v) is 4.28. The molecule has 34 heavy (non-hydrogen) atoms. The van der Waals surface area contributed by atoms with Crippen molar-refractivity contribution in [3.63, 3.8) is 0 Å². The quantitative estimate of drug-likeness (QED) is 0.260. The molecule has 0 aromatic heterocycles. The largest absolute Gasteiger partial charge is 0.660 e. The van der Waals surface area contributed by atoms with Gasteiger partial charge in [-0.05, 0) is 47.5 Å². The maximum absolute atomic E-state index is 4.92. The summed E-state index contributed by atoms with van der Waals surface area (Å²) >= 11 is 0. The number of hydrogen-bond acceptors (Lipinski definition) is 2. The first-order chi connectivity index (χ1) is 16.4. The second kappa shape index (κ2) is 8.99. The molecule has 0 unspecified atom stereocenters. The minimum Gasteiger partial charge on any atom is -0.660 e. The number of rotatable bonds is 0. The molecule has 0 N–H and O–H groups in total. The number of aliphatic imine (C=N–C) groups is 2. The molecule has 0 radical (unpaired) electrons. The Labute approximate surface area is 200 Å². The number of hydrogen-bond donors (Lipinski definition) is 0. The van der Waals surface area contributed by atoms with Gasteiger partial charge < -0.3 is 10.6 Å². The number of nitrogens with zero attached hydrogens (tertiary/aromatic N) is 4. The number of fused-ring (bicyclic) bond motifs is 4. The van der Waals surface area contributed by atoms with E-state index < -0.39 is 0 Å². The van der Waals surface area contributed by atoms with Crippen LogP contribution in [-0.4, -0.2) is 11.4 Å². The monoisotopic (exact) mass is 442 g/mol. The van der Waals surface area contributed by atoms with Gasteiger partial charge in [-0.15, -0.1) is 11.4 Å². The third kappa shape index (κ3) is 4.62.